The molecule has 0 atom stereocenters. The molecule has 10 heteroatoms. The van der Waals surface area contributed by atoms with Gasteiger partial charge in [0.25, 0.3) is 5.91 Å². The second-order valence-corrected chi connectivity index (χ2v) is 9.14. The Morgan fingerprint density at radius 3 is 1.97 bits per heavy atom. The van der Waals surface area contributed by atoms with E-state index in [1.54, 1.807) is 5.32 Å². The van der Waals surface area contributed by atoms with E-state index < -0.39 is 51.9 Å². The highest BCUT2D eigenvalue weighted by Gasteiger charge is 2.43. The molecule has 1 amide bonds. The van der Waals surface area contributed by atoms with Crippen molar-refractivity contribution in [2.24, 2.45) is 5.92 Å². The average Bonchev–Trinajstić information content (AvgIpc) is 3.49. The van der Waals surface area contributed by atoms with Crippen molar-refractivity contribution in [3.8, 4) is 0 Å². The van der Waals surface area contributed by atoms with E-state index in [9.17, 15) is 35.5 Å². The van der Waals surface area contributed by atoms with E-state index in [0.29, 0.717) is 24.6 Å². The number of benzene rings is 2. The molecule has 2 aromatic rings. The predicted octanol–water partition coefficient (Wildman–Crippen LogP) is 7.24. The standard InChI is InChI=1S/C23H23F7N2O/c1-21(2,3)13-9-15(22(25,26)27)19(16(10-13)23(28,29)30)32-20(33)14-5-4-6-17(18(14)24)31-11-12-7-8-12/h4-6,9-10,12,31H,7-8,11H2,1-3H3,(H,32,33). The first kappa shape index (κ1) is 24.9. The Morgan fingerprint density at radius 2 is 1.52 bits per heavy atom. The van der Waals surface area contributed by atoms with E-state index in [2.05, 4.69) is 5.32 Å². The zero-order valence-electron chi connectivity index (χ0n) is 18.1. The summed E-state index contributed by atoms with van der Waals surface area (Å²) in [5, 5.41) is 4.50. The maximum Gasteiger partial charge on any atom is 0.418 e. The molecule has 2 N–H and O–H groups in total. The molecule has 3 nitrogen and oxygen atoms in total. The molecule has 2 aromatic carbocycles. The number of hydrogen-bond acceptors (Lipinski definition) is 2. The molecule has 0 aromatic heterocycles. The van der Waals surface area contributed by atoms with Gasteiger partial charge in [0.1, 0.15) is 0 Å². The monoisotopic (exact) mass is 476 g/mol. The smallest absolute Gasteiger partial charge is 0.382 e. The van der Waals surface area contributed by atoms with Gasteiger partial charge >= 0.3 is 12.4 Å². The topological polar surface area (TPSA) is 41.1 Å². The van der Waals surface area contributed by atoms with Gasteiger partial charge in [-0.1, -0.05) is 26.8 Å². The van der Waals surface area contributed by atoms with Crippen LogP contribution in [0, 0.1) is 11.7 Å². The number of amides is 1. The predicted molar refractivity (Wildman–Crippen MR) is 111 cm³/mol. The van der Waals surface area contributed by atoms with E-state index >= 15 is 0 Å². The summed E-state index contributed by atoms with van der Waals surface area (Å²) in [6.45, 7) is 4.86. The van der Waals surface area contributed by atoms with E-state index in [1.165, 1.54) is 32.9 Å². The summed E-state index contributed by atoms with van der Waals surface area (Å²) >= 11 is 0. The van der Waals surface area contributed by atoms with E-state index in [-0.39, 0.29) is 11.3 Å². The lowest BCUT2D eigenvalue weighted by molar-refractivity contribution is -0.141. The summed E-state index contributed by atoms with van der Waals surface area (Å²) in [6, 6.07) is 4.79. The summed E-state index contributed by atoms with van der Waals surface area (Å²) in [5.74, 6) is -2.10. The fourth-order valence-electron chi connectivity index (χ4n) is 3.26. The highest BCUT2D eigenvalue weighted by Crippen LogP contribution is 2.45. The van der Waals surface area contributed by atoms with Gasteiger partial charge in [0.2, 0.25) is 0 Å². The van der Waals surface area contributed by atoms with Crippen LogP contribution < -0.4 is 10.6 Å². The number of anilines is 2. The van der Waals surface area contributed by atoms with Gasteiger partial charge in [-0.25, -0.2) is 4.39 Å². The second-order valence-electron chi connectivity index (χ2n) is 9.14. The number of alkyl halides is 6. The summed E-state index contributed by atoms with van der Waals surface area (Å²) in [6.07, 6.45) is -8.45. The van der Waals surface area contributed by atoms with Crippen LogP contribution in [0.15, 0.2) is 30.3 Å². The van der Waals surface area contributed by atoms with Gasteiger partial charge in [0, 0.05) is 6.54 Å². The number of nitrogens with one attached hydrogen (secondary N) is 2. The van der Waals surface area contributed by atoms with Crippen molar-refractivity contribution >= 4 is 17.3 Å². The maximum atomic E-state index is 14.8. The van der Waals surface area contributed by atoms with Crippen LogP contribution in [0.4, 0.5) is 42.1 Å². The zero-order valence-corrected chi connectivity index (χ0v) is 18.1. The Hall–Kier alpha value is -2.78. The molecular weight excluding hydrogens is 453 g/mol. The largest absolute Gasteiger partial charge is 0.418 e. The third kappa shape index (κ3) is 5.78. The third-order valence-corrected chi connectivity index (χ3v) is 5.38. The van der Waals surface area contributed by atoms with Gasteiger partial charge in [-0.3, -0.25) is 4.79 Å². The Bertz CT molecular complexity index is 1010. The Labute approximate surface area is 186 Å². The van der Waals surface area contributed by atoms with E-state index in [4.69, 9.17) is 0 Å². The Kier molecular flexibility index (Phi) is 6.43. The molecule has 1 aliphatic rings. The SMILES string of the molecule is CC(C)(C)c1cc(C(F)(F)F)c(NC(=O)c2cccc(NCC3CC3)c2F)c(C(F)(F)F)c1. The lowest BCUT2D eigenvalue weighted by Crippen LogP contribution is -2.24. The number of carbonyl (C=O) groups excluding carboxylic acids is 1. The van der Waals surface area contributed by atoms with Crippen molar-refractivity contribution in [1.29, 1.82) is 0 Å². The fourth-order valence-corrected chi connectivity index (χ4v) is 3.26. The first-order valence-electron chi connectivity index (χ1n) is 10.3. The van der Waals surface area contributed by atoms with Crippen LogP contribution in [0.2, 0.25) is 0 Å². The molecule has 1 aliphatic carbocycles. The van der Waals surface area contributed by atoms with E-state index in [0.717, 1.165) is 18.9 Å². The molecule has 1 fully saturated rings. The van der Waals surface area contributed by atoms with Gasteiger partial charge in [-0.15, -0.1) is 0 Å². The Balaban J connectivity index is 2.07. The number of carbonyl (C=O) groups is 1. The molecule has 0 radical (unpaired) electrons. The minimum absolute atomic E-state index is 0.0512. The van der Waals surface area contributed by atoms with E-state index in [1.807, 2.05) is 0 Å². The fraction of sp³-hybridized carbons (Fsp3) is 0.435. The Morgan fingerprint density at radius 1 is 0.970 bits per heavy atom. The quantitative estimate of drug-likeness (QED) is 0.447. The number of rotatable bonds is 5. The molecule has 180 valence electrons. The van der Waals surface area contributed by atoms with Crippen molar-refractivity contribution < 1.29 is 35.5 Å². The van der Waals surface area contributed by atoms with Crippen LogP contribution in [0.25, 0.3) is 0 Å². The van der Waals surface area contributed by atoms with Crippen molar-refractivity contribution in [2.75, 3.05) is 17.2 Å². The molecular formula is C23H23F7N2O. The first-order valence-corrected chi connectivity index (χ1v) is 10.3. The van der Waals surface area contributed by atoms with Crippen LogP contribution >= 0.6 is 0 Å². The lowest BCUT2D eigenvalue weighted by Gasteiger charge is -2.26. The third-order valence-electron chi connectivity index (χ3n) is 5.38. The van der Waals surface area contributed by atoms with Crippen molar-refractivity contribution in [1.82, 2.24) is 0 Å². The van der Waals surface area contributed by atoms with Crippen LogP contribution in [0.5, 0.6) is 0 Å². The van der Waals surface area contributed by atoms with Crippen LogP contribution in [0.1, 0.15) is 60.7 Å². The summed E-state index contributed by atoms with van der Waals surface area (Å²) in [7, 11) is 0. The first-order chi connectivity index (χ1) is 15.1. The molecule has 0 spiro atoms. The van der Waals surface area contributed by atoms with Crippen molar-refractivity contribution in [2.45, 2.75) is 51.4 Å². The minimum Gasteiger partial charge on any atom is -0.382 e. The highest BCUT2D eigenvalue weighted by atomic mass is 19.4. The molecule has 3 rings (SSSR count). The van der Waals surface area contributed by atoms with Gasteiger partial charge in [-0.2, -0.15) is 26.3 Å². The molecule has 0 heterocycles. The van der Waals surface area contributed by atoms with Gasteiger partial charge in [0.05, 0.1) is 28.1 Å². The van der Waals surface area contributed by atoms with Crippen molar-refractivity contribution in [3.05, 3.63) is 58.4 Å². The molecule has 33 heavy (non-hydrogen) atoms. The molecule has 0 saturated heterocycles. The summed E-state index contributed by atoms with van der Waals surface area (Å²) < 4.78 is 97.4. The van der Waals surface area contributed by atoms with Gasteiger partial charge in [-0.05, 0) is 54.0 Å². The second kappa shape index (κ2) is 8.53. The molecule has 0 aliphatic heterocycles. The maximum absolute atomic E-state index is 14.8. The average molecular weight is 476 g/mol. The van der Waals surface area contributed by atoms with Crippen molar-refractivity contribution in [3.63, 3.8) is 0 Å². The number of hydrogen-bond donors (Lipinski definition) is 2. The highest BCUT2D eigenvalue weighted by molar-refractivity contribution is 6.06. The molecule has 0 bridgehead atoms. The van der Waals surface area contributed by atoms with Crippen LogP contribution in [0.3, 0.4) is 0 Å². The molecule has 0 unspecified atom stereocenters. The lowest BCUT2D eigenvalue weighted by atomic mass is 9.84. The summed E-state index contributed by atoms with van der Waals surface area (Å²) in [4.78, 5) is 12.7. The van der Waals surface area contributed by atoms with Crippen LogP contribution in [-0.4, -0.2) is 12.5 Å². The minimum atomic E-state index is -5.20. The van der Waals surface area contributed by atoms with Gasteiger partial charge in [0.15, 0.2) is 5.82 Å². The van der Waals surface area contributed by atoms with Gasteiger partial charge < -0.3 is 10.6 Å². The van der Waals surface area contributed by atoms with Crippen LogP contribution in [-0.2, 0) is 17.8 Å². The summed E-state index contributed by atoms with van der Waals surface area (Å²) in [5.41, 5.74) is -6.73. The normalized spacial score (nSPS) is 14.8. The molecule has 1 saturated carbocycles. The zero-order chi connectivity index (χ0) is 24.8. The number of halogens is 7.